The molecule has 1 atom stereocenters. The highest BCUT2D eigenvalue weighted by Crippen LogP contribution is 2.26. The molecular weight excluding hydrogens is 485 g/mol. The van der Waals surface area contributed by atoms with E-state index in [2.05, 4.69) is 50.0 Å². The first-order valence-electron chi connectivity index (χ1n) is 9.25. The van der Waals surface area contributed by atoms with Crippen molar-refractivity contribution in [3.05, 3.63) is 53.2 Å². The van der Waals surface area contributed by atoms with Crippen LogP contribution in [0, 0.1) is 0 Å². The Bertz CT molecular complexity index is 937. The third-order valence-electron chi connectivity index (χ3n) is 4.91. The molecule has 1 saturated heterocycles. The Kier molecular flexibility index (Phi) is 7.30. The fraction of sp³-hybridized carbons (Fsp3) is 0.400. The van der Waals surface area contributed by atoms with E-state index >= 15 is 0 Å². The second-order valence-corrected chi connectivity index (χ2v) is 7.65. The maximum Gasteiger partial charge on any atom is 0.193 e. The molecular formula is C20H26IN5OS. The normalized spacial score (nSPS) is 17.6. The van der Waals surface area contributed by atoms with Gasteiger partial charge in [0.15, 0.2) is 5.96 Å². The number of benzene rings is 1. The van der Waals surface area contributed by atoms with Crippen molar-refractivity contribution >= 4 is 51.4 Å². The van der Waals surface area contributed by atoms with Crippen molar-refractivity contribution in [1.82, 2.24) is 20.0 Å². The molecule has 0 saturated carbocycles. The minimum Gasteiger partial charge on any atom is -0.370 e. The van der Waals surface area contributed by atoms with Crippen LogP contribution in [0.2, 0.25) is 0 Å². The number of fused-ring (bicyclic) bond motifs is 1. The number of guanidine groups is 1. The maximum atomic E-state index is 5.94. The van der Waals surface area contributed by atoms with Gasteiger partial charge in [0.1, 0.15) is 6.10 Å². The SMILES string of the molecule is CN=C(NCCc1csc2ccccc12)N1CCOC(c2cnn(C)c2)C1.I. The number of aliphatic imine (C=N–C) groups is 1. The molecule has 1 aliphatic rings. The van der Waals surface area contributed by atoms with E-state index in [4.69, 9.17) is 4.74 Å². The Labute approximate surface area is 186 Å². The Balaban J connectivity index is 0.00000225. The lowest BCUT2D eigenvalue weighted by atomic mass is 10.1. The lowest BCUT2D eigenvalue weighted by Crippen LogP contribution is -2.48. The fourth-order valence-corrected chi connectivity index (χ4v) is 4.51. The van der Waals surface area contributed by atoms with Gasteiger partial charge in [-0.15, -0.1) is 35.3 Å². The third-order valence-corrected chi connectivity index (χ3v) is 5.93. The number of aromatic nitrogens is 2. The summed E-state index contributed by atoms with van der Waals surface area (Å²) in [4.78, 5) is 6.75. The summed E-state index contributed by atoms with van der Waals surface area (Å²) in [6.07, 6.45) is 4.92. The molecule has 1 aromatic carbocycles. The molecule has 1 aliphatic heterocycles. The van der Waals surface area contributed by atoms with Crippen LogP contribution in [0.1, 0.15) is 17.2 Å². The summed E-state index contributed by atoms with van der Waals surface area (Å²) < 4.78 is 9.10. The van der Waals surface area contributed by atoms with Gasteiger partial charge in [0, 0.05) is 43.6 Å². The van der Waals surface area contributed by atoms with Gasteiger partial charge in [-0.05, 0) is 28.8 Å². The predicted octanol–water partition coefficient (Wildman–Crippen LogP) is 3.44. The fourth-order valence-electron chi connectivity index (χ4n) is 3.52. The molecule has 3 aromatic rings. The second-order valence-electron chi connectivity index (χ2n) is 6.73. The van der Waals surface area contributed by atoms with Gasteiger partial charge in [0.05, 0.1) is 19.3 Å². The zero-order chi connectivity index (χ0) is 18.6. The van der Waals surface area contributed by atoms with E-state index in [1.165, 1.54) is 15.6 Å². The number of morpholine rings is 1. The molecule has 0 spiro atoms. The number of ether oxygens (including phenoxy) is 1. The predicted molar refractivity (Wildman–Crippen MR) is 126 cm³/mol. The number of aryl methyl sites for hydroxylation is 1. The summed E-state index contributed by atoms with van der Waals surface area (Å²) in [5, 5.41) is 11.4. The Hall–Kier alpha value is -1.65. The van der Waals surface area contributed by atoms with E-state index in [0.29, 0.717) is 6.61 Å². The number of nitrogens with one attached hydrogen (secondary N) is 1. The van der Waals surface area contributed by atoms with Crippen LogP contribution in [-0.4, -0.2) is 53.9 Å². The van der Waals surface area contributed by atoms with Crippen LogP contribution in [-0.2, 0) is 18.2 Å². The van der Waals surface area contributed by atoms with E-state index < -0.39 is 0 Å². The number of nitrogens with zero attached hydrogens (tertiary/aromatic N) is 4. The number of halogens is 1. The summed E-state index contributed by atoms with van der Waals surface area (Å²) >= 11 is 1.81. The van der Waals surface area contributed by atoms with Crippen LogP contribution in [0.15, 0.2) is 47.0 Å². The van der Waals surface area contributed by atoms with Gasteiger partial charge in [-0.1, -0.05) is 18.2 Å². The highest BCUT2D eigenvalue weighted by Gasteiger charge is 2.25. The monoisotopic (exact) mass is 511 g/mol. The topological polar surface area (TPSA) is 54.7 Å². The summed E-state index contributed by atoms with van der Waals surface area (Å²) in [5.41, 5.74) is 2.51. The summed E-state index contributed by atoms with van der Waals surface area (Å²) in [6, 6.07) is 8.59. The molecule has 0 bridgehead atoms. The van der Waals surface area contributed by atoms with Crippen LogP contribution in [0.3, 0.4) is 0 Å². The van der Waals surface area contributed by atoms with Crippen molar-refractivity contribution in [2.45, 2.75) is 12.5 Å². The molecule has 0 amide bonds. The molecule has 150 valence electrons. The Morgan fingerprint density at radius 2 is 2.25 bits per heavy atom. The van der Waals surface area contributed by atoms with E-state index in [1.54, 1.807) is 0 Å². The van der Waals surface area contributed by atoms with E-state index in [1.807, 2.05) is 42.5 Å². The first-order chi connectivity index (χ1) is 13.2. The van der Waals surface area contributed by atoms with E-state index in [0.717, 1.165) is 37.6 Å². The minimum absolute atomic E-state index is 0. The van der Waals surface area contributed by atoms with Crippen LogP contribution >= 0.6 is 35.3 Å². The standard InChI is InChI=1S/C20H25N5OS.HI/c1-21-20(22-8-7-15-14-27-19-6-4-3-5-17(15)19)25-9-10-26-18(13-25)16-11-23-24(2)12-16;/h3-6,11-12,14,18H,7-10,13H2,1-2H3,(H,21,22);1H. The molecule has 0 aliphatic carbocycles. The lowest BCUT2D eigenvalue weighted by Gasteiger charge is -2.34. The summed E-state index contributed by atoms with van der Waals surface area (Å²) in [6.45, 7) is 3.18. The zero-order valence-corrected chi connectivity index (χ0v) is 19.3. The largest absolute Gasteiger partial charge is 0.370 e. The molecule has 8 heteroatoms. The molecule has 4 rings (SSSR count). The molecule has 6 nitrogen and oxygen atoms in total. The first-order valence-corrected chi connectivity index (χ1v) is 10.1. The van der Waals surface area contributed by atoms with Crippen molar-refractivity contribution in [3.63, 3.8) is 0 Å². The van der Waals surface area contributed by atoms with Gasteiger partial charge in [0.2, 0.25) is 0 Å². The molecule has 1 unspecified atom stereocenters. The summed E-state index contributed by atoms with van der Waals surface area (Å²) in [7, 11) is 3.77. The van der Waals surface area contributed by atoms with Crippen molar-refractivity contribution in [2.75, 3.05) is 33.3 Å². The quantitative estimate of drug-likeness (QED) is 0.331. The average Bonchev–Trinajstić information content (AvgIpc) is 3.32. The Morgan fingerprint density at radius 1 is 1.39 bits per heavy atom. The molecule has 1 fully saturated rings. The zero-order valence-electron chi connectivity index (χ0n) is 16.2. The number of hydrogen-bond donors (Lipinski definition) is 1. The molecule has 1 N–H and O–H groups in total. The van der Waals surface area contributed by atoms with Gasteiger partial charge >= 0.3 is 0 Å². The van der Waals surface area contributed by atoms with Crippen LogP contribution in [0.4, 0.5) is 0 Å². The van der Waals surface area contributed by atoms with Gasteiger partial charge in [0.25, 0.3) is 0 Å². The lowest BCUT2D eigenvalue weighted by molar-refractivity contribution is -0.00800. The molecule has 3 heterocycles. The van der Waals surface area contributed by atoms with Crippen LogP contribution in [0.5, 0.6) is 0 Å². The van der Waals surface area contributed by atoms with E-state index in [9.17, 15) is 0 Å². The van der Waals surface area contributed by atoms with Gasteiger partial charge in [-0.25, -0.2) is 0 Å². The molecule has 0 radical (unpaired) electrons. The highest BCUT2D eigenvalue weighted by atomic mass is 127. The number of rotatable bonds is 4. The smallest absolute Gasteiger partial charge is 0.193 e. The first kappa shape index (κ1) is 21.1. The van der Waals surface area contributed by atoms with Crippen molar-refractivity contribution < 1.29 is 4.74 Å². The van der Waals surface area contributed by atoms with Crippen LogP contribution < -0.4 is 5.32 Å². The van der Waals surface area contributed by atoms with Crippen molar-refractivity contribution in [3.8, 4) is 0 Å². The number of thiophene rings is 1. The molecule has 2 aromatic heterocycles. The van der Waals surface area contributed by atoms with Gasteiger partial charge in [-0.2, -0.15) is 5.10 Å². The van der Waals surface area contributed by atoms with Gasteiger partial charge < -0.3 is 15.0 Å². The maximum absolute atomic E-state index is 5.94. The molecule has 28 heavy (non-hydrogen) atoms. The van der Waals surface area contributed by atoms with E-state index in [-0.39, 0.29) is 30.1 Å². The highest BCUT2D eigenvalue weighted by molar-refractivity contribution is 14.0. The van der Waals surface area contributed by atoms with Gasteiger partial charge in [-0.3, -0.25) is 9.67 Å². The Morgan fingerprint density at radius 3 is 3.04 bits per heavy atom. The van der Waals surface area contributed by atoms with Crippen molar-refractivity contribution in [1.29, 1.82) is 0 Å². The third kappa shape index (κ3) is 4.66. The number of hydrogen-bond acceptors (Lipinski definition) is 4. The van der Waals surface area contributed by atoms with Crippen molar-refractivity contribution in [2.24, 2.45) is 12.0 Å². The second kappa shape index (κ2) is 9.71. The summed E-state index contributed by atoms with van der Waals surface area (Å²) in [5.74, 6) is 0.937. The average molecular weight is 511 g/mol. The van der Waals surface area contributed by atoms with Crippen LogP contribution in [0.25, 0.3) is 10.1 Å². The minimum atomic E-state index is 0.